The number of hydrogen-bond acceptors (Lipinski definition) is 4. The molecule has 13 heavy (non-hydrogen) atoms. The number of rotatable bonds is 0. The fourth-order valence-corrected chi connectivity index (χ4v) is 1.29. The van der Waals surface area contributed by atoms with Crippen molar-refractivity contribution in [2.45, 2.75) is 19.8 Å². The van der Waals surface area contributed by atoms with Crippen molar-refractivity contribution < 1.29 is 66.5 Å². The number of piperidine rings is 1. The van der Waals surface area contributed by atoms with Crippen LogP contribution in [0.3, 0.4) is 0 Å². The van der Waals surface area contributed by atoms with Gasteiger partial charge < -0.3 is 20.0 Å². The van der Waals surface area contributed by atoms with E-state index in [-0.39, 0.29) is 51.4 Å². The molecule has 0 aromatic heterocycles. The molecule has 0 aromatic rings. The van der Waals surface area contributed by atoms with Crippen LogP contribution in [0, 0.1) is 13.0 Å². The summed E-state index contributed by atoms with van der Waals surface area (Å²) in [5.74, 6) is 0.876. The van der Waals surface area contributed by atoms with Crippen molar-refractivity contribution in [3.8, 4) is 0 Å². The molecule has 1 atom stereocenters. The first-order valence-electron chi connectivity index (χ1n) is 4.12. The Kier molecular flexibility index (Phi) is 13.1. The smallest absolute Gasteiger partial charge is 0.459 e. The van der Waals surface area contributed by atoms with E-state index < -0.39 is 7.32 Å². The standard InChI is InChI=1S/C7H14N.BH3O3.K/c1-7-4-3-5-8(2)6-7;2-1(3)4;/h7H,2-6H2,1H3;2-4H;/q-1;;+1. The van der Waals surface area contributed by atoms with Gasteiger partial charge in [-0.05, 0) is 31.8 Å². The predicted octanol–water partition coefficient (Wildman–Crippen LogP) is -3.54. The van der Waals surface area contributed by atoms with Crippen molar-refractivity contribution in [3.05, 3.63) is 7.05 Å². The van der Waals surface area contributed by atoms with Crippen molar-refractivity contribution in [3.63, 3.8) is 0 Å². The SMILES string of the molecule is OB(O)O.[CH2-]N1CCCC(C)C1.[K+]. The topological polar surface area (TPSA) is 63.9 Å². The van der Waals surface area contributed by atoms with Crippen LogP contribution in [0.15, 0.2) is 0 Å². The number of nitrogens with zero attached hydrogens (tertiary/aromatic N) is 1. The molecule has 0 aliphatic carbocycles. The molecule has 1 rings (SSSR count). The third kappa shape index (κ3) is 13.5. The molecule has 6 heteroatoms. The van der Waals surface area contributed by atoms with E-state index in [1.165, 1.54) is 25.9 Å². The van der Waals surface area contributed by atoms with Crippen molar-refractivity contribution >= 4 is 7.32 Å². The molecule has 0 spiro atoms. The second-order valence-corrected chi connectivity index (χ2v) is 3.17. The van der Waals surface area contributed by atoms with Crippen LogP contribution < -0.4 is 51.4 Å². The van der Waals surface area contributed by atoms with Crippen LogP contribution in [0.4, 0.5) is 0 Å². The van der Waals surface area contributed by atoms with E-state index in [4.69, 9.17) is 15.1 Å². The van der Waals surface area contributed by atoms with Gasteiger partial charge in [0.25, 0.3) is 0 Å². The molecule has 3 N–H and O–H groups in total. The summed E-state index contributed by atoms with van der Waals surface area (Å²) in [6.45, 7) is 4.68. The Morgan fingerprint density at radius 3 is 2.08 bits per heavy atom. The van der Waals surface area contributed by atoms with Crippen molar-refractivity contribution in [2.75, 3.05) is 13.1 Å². The molecular weight excluding hydrogens is 196 g/mol. The minimum atomic E-state index is -2.17. The van der Waals surface area contributed by atoms with Crippen LogP contribution >= 0.6 is 0 Å². The zero-order valence-corrected chi connectivity index (χ0v) is 11.6. The second kappa shape index (κ2) is 10.1. The Morgan fingerprint density at radius 1 is 1.38 bits per heavy atom. The number of likely N-dealkylation sites (tertiary alicyclic amines) is 1. The van der Waals surface area contributed by atoms with E-state index in [1.54, 1.807) is 0 Å². The summed E-state index contributed by atoms with van der Waals surface area (Å²) in [7, 11) is 1.71. The predicted molar refractivity (Wildman–Crippen MR) is 47.7 cm³/mol. The summed E-state index contributed by atoms with van der Waals surface area (Å²) < 4.78 is 0. The van der Waals surface area contributed by atoms with Crippen LogP contribution in [0.25, 0.3) is 0 Å². The molecule has 0 aromatic carbocycles. The van der Waals surface area contributed by atoms with Crippen LogP contribution in [-0.2, 0) is 0 Å². The normalized spacial score (nSPS) is 22.4. The van der Waals surface area contributed by atoms with E-state index in [0.717, 1.165) is 5.92 Å². The van der Waals surface area contributed by atoms with Gasteiger partial charge >= 0.3 is 58.7 Å². The molecule has 1 aliphatic rings. The molecule has 0 radical (unpaired) electrons. The van der Waals surface area contributed by atoms with E-state index in [0.29, 0.717) is 0 Å². The average molecular weight is 213 g/mol. The fraction of sp³-hybridized carbons (Fsp3) is 0.857. The van der Waals surface area contributed by atoms with Gasteiger partial charge in [0, 0.05) is 0 Å². The monoisotopic (exact) mass is 213 g/mol. The van der Waals surface area contributed by atoms with E-state index in [2.05, 4.69) is 18.9 Å². The van der Waals surface area contributed by atoms with Crippen LogP contribution in [0.2, 0.25) is 0 Å². The van der Waals surface area contributed by atoms with Crippen LogP contribution in [-0.4, -0.2) is 40.4 Å². The molecule has 1 saturated heterocycles. The van der Waals surface area contributed by atoms with Crippen molar-refractivity contribution in [2.24, 2.45) is 5.92 Å². The van der Waals surface area contributed by atoms with E-state index in [1.807, 2.05) is 0 Å². The van der Waals surface area contributed by atoms with Gasteiger partial charge in [-0.3, -0.25) is 7.05 Å². The molecule has 0 bridgehead atoms. The Hall–Kier alpha value is 1.54. The fourth-order valence-electron chi connectivity index (χ4n) is 1.29. The van der Waals surface area contributed by atoms with Crippen LogP contribution in [0.5, 0.6) is 0 Å². The molecule has 1 aliphatic heterocycles. The second-order valence-electron chi connectivity index (χ2n) is 3.17. The first kappa shape index (κ1) is 17.0. The summed E-state index contributed by atoms with van der Waals surface area (Å²) in [5.41, 5.74) is 0. The quantitative estimate of drug-likeness (QED) is 0.288. The summed E-state index contributed by atoms with van der Waals surface area (Å²) in [4.78, 5) is 2.16. The molecule has 1 fully saturated rings. The minimum absolute atomic E-state index is 0. The first-order chi connectivity index (χ1) is 5.52. The van der Waals surface area contributed by atoms with E-state index >= 15 is 0 Å². The Bertz CT molecular complexity index is 107. The van der Waals surface area contributed by atoms with Gasteiger partial charge in [0.1, 0.15) is 0 Å². The van der Waals surface area contributed by atoms with Gasteiger partial charge in [0.05, 0.1) is 0 Å². The minimum Gasteiger partial charge on any atom is -0.459 e. The van der Waals surface area contributed by atoms with E-state index in [9.17, 15) is 0 Å². The van der Waals surface area contributed by atoms with Crippen LogP contribution in [0.1, 0.15) is 19.8 Å². The first-order valence-corrected chi connectivity index (χ1v) is 4.12. The maximum atomic E-state index is 7.17. The van der Waals surface area contributed by atoms with Gasteiger partial charge in [0.2, 0.25) is 0 Å². The molecule has 1 heterocycles. The summed E-state index contributed by atoms with van der Waals surface area (Å²) in [6, 6.07) is 0. The molecular formula is C7H17BKNO3. The van der Waals surface area contributed by atoms with Gasteiger partial charge in [0.15, 0.2) is 0 Å². The third-order valence-corrected chi connectivity index (χ3v) is 1.74. The van der Waals surface area contributed by atoms with Gasteiger partial charge in [-0.2, -0.15) is 0 Å². The maximum Gasteiger partial charge on any atom is 1.00 e. The summed E-state index contributed by atoms with van der Waals surface area (Å²) in [6.07, 6.45) is 2.73. The van der Waals surface area contributed by atoms with Crippen molar-refractivity contribution in [1.82, 2.24) is 4.90 Å². The van der Waals surface area contributed by atoms with Gasteiger partial charge in [-0.25, -0.2) is 0 Å². The zero-order valence-electron chi connectivity index (χ0n) is 8.48. The Balaban J connectivity index is 0. The molecule has 0 saturated carbocycles. The van der Waals surface area contributed by atoms with Gasteiger partial charge in [-0.1, -0.05) is 6.92 Å². The largest absolute Gasteiger partial charge is 1.00 e. The Labute approximate surface area is 123 Å². The number of hydrogen-bond donors (Lipinski definition) is 3. The molecule has 72 valence electrons. The maximum absolute atomic E-state index is 7.17. The van der Waals surface area contributed by atoms with Gasteiger partial charge in [-0.15, -0.1) is 0 Å². The van der Waals surface area contributed by atoms with Crippen molar-refractivity contribution in [1.29, 1.82) is 0 Å². The summed E-state index contributed by atoms with van der Waals surface area (Å²) in [5, 5.41) is 21.5. The average Bonchev–Trinajstić information content (AvgIpc) is 1.84. The Morgan fingerprint density at radius 2 is 1.85 bits per heavy atom. The summed E-state index contributed by atoms with van der Waals surface area (Å²) >= 11 is 0. The molecule has 4 nitrogen and oxygen atoms in total. The molecule has 1 unspecified atom stereocenters. The zero-order chi connectivity index (χ0) is 9.56. The molecule has 0 amide bonds. The third-order valence-electron chi connectivity index (χ3n) is 1.74.